The third kappa shape index (κ3) is 5.35. The highest BCUT2D eigenvalue weighted by atomic mass is 19.1. The van der Waals surface area contributed by atoms with Crippen molar-refractivity contribution in [3.05, 3.63) is 0 Å². The summed E-state index contributed by atoms with van der Waals surface area (Å²) >= 11 is 0. The summed E-state index contributed by atoms with van der Waals surface area (Å²) in [5.74, 6) is 0. The molecule has 1 amide bonds. The van der Waals surface area contributed by atoms with Crippen molar-refractivity contribution in [3.63, 3.8) is 0 Å². The molecule has 0 aromatic heterocycles. The smallest absolute Gasteiger partial charge is 0.410 e. The van der Waals surface area contributed by atoms with Gasteiger partial charge in [-0.2, -0.15) is 0 Å². The number of carbonyl (C=O) groups is 1. The summed E-state index contributed by atoms with van der Waals surface area (Å²) in [6.07, 6.45) is -0.313. The molecule has 1 heterocycles. The van der Waals surface area contributed by atoms with Crippen molar-refractivity contribution in [2.45, 2.75) is 58.6 Å². The highest BCUT2D eigenvalue weighted by Crippen LogP contribution is 2.18. The van der Waals surface area contributed by atoms with Crippen molar-refractivity contribution >= 4 is 6.09 Å². The van der Waals surface area contributed by atoms with Gasteiger partial charge >= 0.3 is 6.09 Å². The van der Waals surface area contributed by atoms with E-state index in [1.165, 1.54) is 6.92 Å². The normalized spacial score (nSPS) is 20.2. The average molecular weight is 247 g/mol. The molecule has 1 aliphatic heterocycles. The molecular weight excluding hydrogens is 225 g/mol. The largest absolute Gasteiger partial charge is 0.444 e. The minimum Gasteiger partial charge on any atom is -0.444 e. The molecule has 1 atom stereocenters. The predicted molar refractivity (Wildman–Crippen MR) is 62.5 cm³/mol. The van der Waals surface area contributed by atoms with Crippen LogP contribution in [0.25, 0.3) is 0 Å². The van der Waals surface area contributed by atoms with Gasteiger partial charge in [-0.15, -0.1) is 0 Å². The Hall–Kier alpha value is -0.840. The minimum atomic E-state index is -1.24. The van der Waals surface area contributed by atoms with Crippen LogP contribution in [0.1, 0.15) is 40.5 Å². The SMILES string of the molecule is CC(F)OC1CCN(C(=O)OC(C)(C)C)CC1. The molecule has 0 saturated carbocycles. The van der Waals surface area contributed by atoms with Gasteiger partial charge in [0.1, 0.15) is 5.60 Å². The van der Waals surface area contributed by atoms with Crippen LogP contribution in [0.2, 0.25) is 0 Å². The summed E-state index contributed by atoms with van der Waals surface area (Å²) in [6, 6.07) is 0. The maximum absolute atomic E-state index is 12.6. The van der Waals surface area contributed by atoms with Gasteiger partial charge in [0.05, 0.1) is 6.10 Å². The van der Waals surface area contributed by atoms with E-state index in [4.69, 9.17) is 9.47 Å². The van der Waals surface area contributed by atoms with E-state index in [1.807, 2.05) is 20.8 Å². The molecular formula is C12H22FNO3. The molecule has 1 rings (SSSR count). The number of piperidine rings is 1. The van der Waals surface area contributed by atoms with Crippen LogP contribution < -0.4 is 0 Å². The zero-order chi connectivity index (χ0) is 13.1. The number of hydrogen-bond donors (Lipinski definition) is 0. The first kappa shape index (κ1) is 14.2. The fourth-order valence-corrected chi connectivity index (χ4v) is 1.77. The zero-order valence-corrected chi connectivity index (χ0v) is 11.0. The Labute approximate surface area is 102 Å². The number of carbonyl (C=O) groups excluding carboxylic acids is 1. The number of alkyl halides is 1. The van der Waals surface area contributed by atoms with E-state index >= 15 is 0 Å². The number of rotatable bonds is 2. The Morgan fingerprint density at radius 1 is 1.35 bits per heavy atom. The predicted octanol–water partition coefficient (Wildman–Crippen LogP) is 2.72. The first-order valence-corrected chi connectivity index (χ1v) is 6.05. The van der Waals surface area contributed by atoms with Crippen LogP contribution in [0.3, 0.4) is 0 Å². The number of likely N-dealkylation sites (tertiary alicyclic amines) is 1. The lowest BCUT2D eigenvalue weighted by molar-refractivity contribution is -0.0927. The summed E-state index contributed by atoms with van der Waals surface area (Å²) in [7, 11) is 0. The molecule has 0 radical (unpaired) electrons. The monoisotopic (exact) mass is 247 g/mol. The second-order valence-electron chi connectivity index (χ2n) is 5.35. The molecule has 1 unspecified atom stereocenters. The molecule has 0 aromatic carbocycles. The molecule has 4 nitrogen and oxygen atoms in total. The van der Waals surface area contributed by atoms with Crippen molar-refractivity contribution < 1.29 is 18.7 Å². The topological polar surface area (TPSA) is 38.8 Å². The average Bonchev–Trinajstić information content (AvgIpc) is 2.15. The highest BCUT2D eigenvalue weighted by Gasteiger charge is 2.27. The van der Waals surface area contributed by atoms with Gasteiger partial charge in [-0.3, -0.25) is 0 Å². The fourth-order valence-electron chi connectivity index (χ4n) is 1.77. The number of hydrogen-bond acceptors (Lipinski definition) is 3. The van der Waals surface area contributed by atoms with Gasteiger partial charge in [0.15, 0.2) is 6.36 Å². The standard InChI is InChI=1S/C12H22FNO3/c1-9(13)16-10-5-7-14(8-6-10)11(15)17-12(2,3)4/h9-10H,5-8H2,1-4H3. The van der Waals surface area contributed by atoms with Gasteiger partial charge in [0, 0.05) is 13.1 Å². The third-order valence-electron chi connectivity index (χ3n) is 2.47. The maximum Gasteiger partial charge on any atom is 0.410 e. The molecule has 0 bridgehead atoms. The Balaban J connectivity index is 2.34. The Kier molecular flexibility index (Phi) is 4.74. The van der Waals surface area contributed by atoms with Gasteiger partial charge < -0.3 is 14.4 Å². The molecule has 1 saturated heterocycles. The number of halogens is 1. The van der Waals surface area contributed by atoms with E-state index in [-0.39, 0.29) is 12.2 Å². The Morgan fingerprint density at radius 2 is 1.88 bits per heavy atom. The molecule has 17 heavy (non-hydrogen) atoms. The summed E-state index contributed by atoms with van der Waals surface area (Å²) in [6.45, 7) is 8.02. The van der Waals surface area contributed by atoms with Crippen molar-refractivity contribution in [2.75, 3.05) is 13.1 Å². The second kappa shape index (κ2) is 5.67. The van der Waals surface area contributed by atoms with E-state index in [2.05, 4.69) is 0 Å². The lowest BCUT2D eigenvalue weighted by Gasteiger charge is -2.33. The summed E-state index contributed by atoms with van der Waals surface area (Å²) in [5.41, 5.74) is -0.474. The van der Waals surface area contributed by atoms with Crippen molar-refractivity contribution in [2.24, 2.45) is 0 Å². The van der Waals surface area contributed by atoms with Crippen molar-refractivity contribution in [1.82, 2.24) is 4.90 Å². The summed E-state index contributed by atoms with van der Waals surface area (Å²) in [5, 5.41) is 0. The van der Waals surface area contributed by atoms with Gasteiger partial charge in [-0.25, -0.2) is 9.18 Å². The van der Waals surface area contributed by atoms with Crippen LogP contribution in [0.4, 0.5) is 9.18 Å². The van der Waals surface area contributed by atoms with E-state index < -0.39 is 12.0 Å². The molecule has 0 spiro atoms. The van der Waals surface area contributed by atoms with E-state index in [1.54, 1.807) is 4.90 Å². The van der Waals surface area contributed by atoms with Crippen LogP contribution in [0, 0.1) is 0 Å². The molecule has 5 heteroatoms. The lowest BCUT2D eigenvalue weighted by Crippen LogP contribution is -2.43. The van der Waals surface area contributed by atoms with E-state index in [0.717, 1.165) is 0 Å². The Morgan fingerprint density at radius 3 is 2.29 bits per heavy atom. The van der Waals surface area contributed by atoms with E-state index in [9.17, 15) is 9.18 Å². The van der Waals surface area contributed by atoms with Crippen molar-refractivity contribution in [1.29, 1.82) is 0 Å². The van der Waals surface area contributed by atoms with Crippen LogP contribution in [-0.2, 0) is 9.47 Å². The lowest BCUT2D eigenvalue weighted by atomic mass is 10.1. The quantitative estimate of drug-likeness (QED) is 0.753. The molecule has 0 aromatic rings. The first-order valence-electron chi connectivity index (χ1n) is 6.05. The maximum atomic E-state index is 12.6. The molecule has 1 fully saturated rings. The number of ether oxygens (including phenoxy) is 2. The number of nitrogens with zero attached hydrogens (tertiary/aromatic N) is 1. The van der Waals surface area contributed by atoms with Crippen LogP contribution >= 0.6 is 0 Å². The van der Waals surface area contributed by atoms with Gasteiger partial charge in [-0.05, 0) is 40.5 Å². The summed E-state index contributed by atoms with van der Waals surface area (Å²) < 4.78 is 23.0. The van der Waals surface area contributed by atoms with Crippen molar-refractivity contribution in [3.8, 4) is 0 Å². The van der Waals surface area contributed by atoms with Gasteiger partial charge in [0.2, 0.25) is 0 Å². The van der Waals surface area contributed by atoms with Crippen LogP contribution in [0.15, 0.2) is 0 Å². The minimum absolute atomic E-state index is 0.0892. The molecule has 100 valence electrons. The van der Waals surface area contributed by atoms with Crippen LogP contribution in [-0.4, -0.2) is 42.1 Å². The Bertz CT molecular complexity index is 255. The second-order valence-corrected chi connectivity index (χ2v) is 5.35. The molecule has 0 N–H and O–H groups in total. The van der Waals surface area contributed by atoms with Gasteiger partial charge in [0.25, 0.3) is 0 Å². The van der Waals surface area contributed by atoms with E-state index in [0.29, 0.717) is 25.9 Å². The van der Waals surface area contributed by atoms with Crippen LogP contribution in [0.5, 0.6) is 0 Å². The third-order valence-corrected chi connectivity index (χ3v) is 2.47. The number of amides is 1. The zero-order valence-electron chi connectivity index (χ0n) is 11.0. The fraction of sp³-hybridized carbons (Fsp3) is 0.917. The molecule has 1 aliphatic rings. The highest BCUT2D eigenvalue weighted by molar-refractivity contribution is 5.68. The first-order chi connectivity index (χ1) is 7.78. The van der Waals surface area contributed by atoms with Gasteiger partial charge in [-0.1, -0.05) is 0 Å². The summed E-state index contributed by atoms with van der Waals surface area (Å²) in [4.78, 5) is 13.4. The molecule has 0 aliphatic carbocycles.